The monoisotopic (exact) mass is 142 g/mol. The van der Waals surface area contributed by atoms with E-state index in [9.17, 15) is 0 Å². The first-order valence-electron chi connectivity index (χ1n) is 3.52. The molecule has 58 valence electrons. The summed E-state index contributed by atoms with van der Waals surface area (Å²) in [6.07, 6.45) is 3.88. The van der Waals surface area contributed by atoms with Gasteiger partial charge in [-0.25, -0.2) is 0 Å². The van der Waals surface area contributed by atoms with Gasteiger partial charge >= 0.3 is 0 Å². The zero-order valence-electron chi connectivity index (χ0n) is 6.97. The van der Waals surface area contributed by atoms with E-state index >= 15 is 0 Å². The van der Waals surface area contributed by atoms with E-state index in [-0.39, 0.29) is 5.41 Å². The largest absolute Gasteiger partial charge is 0.257 e. The smallest absolute Gasteiger partial charge is 0.189 e. The van der Waals surface area contributed by atoms with Crippen molar-refractivity contribution in [2.75, 3.05) is 0 Å². The van der Waals surface area contributed by atoms with Gasteiger partial charge in [0, 0.05) is 5.41 Å². The van der Waals surface area contributed by atoms with Crippen LogP contribution in [0.4, 0.5) is 0 Å². The minimum atomic E-state index is -0.443. The van der Waals surface area contributed by atoms with Crippen LogP contribution in [0.1, 0.15) is 27.7 Å². The fourth-order valence-electron chi connectivity index (χ4n) is 0.820. The normalized spacial score (nSPS) is 23.6. The molecule has 0 N–H and O–H groups in total. The summed E-state index contributed by atoms with van der Waals surface area (Å²) >= 11 is 0. The van der Waals surface area contributed by atoms with E-state index in [2.05, 4.69) is 20.8 Å². The first-order chi connectivity index (χ1) is 4.52. The van der Waals surface area contributed by atoms with Crippen LogP contribution in [-0.2, 0) is 9.78 Å². The molecule has 1 heterocycles. The quantitative estimate of drug-likeness (QED) is 0.319. The van der Waals surface area contributed by atoms with E-state index in [0.29, 0.717) is 0 Å². The minimum Gasteiger partial charge on any atom is -0.189 e. The van der Waals surface area contributed by atoms with Crippen LogP contribution in [0.3, 0.4) is 0 Å². The molecule has 0 amide bonds. The van der Waals surface area contributed by atoms with Gasteiger partial charge in [0.05, 0.1) is 0 Å². The molecule has 2 heteroatoms. The maximum Gasteiger partial charge on any atom is 0.257 e. The van der Waals surface area contributed by atoms with E-state index in [0.717, 1.165) is 0 Å². The molecule has 0 radical (unpaired) electrons. The summed E-state index contributed by atoms with van der Waals surface area (Å²) in [5.41, 5.74) is 0.0273. The third-order valence-electron chi connectivity index (χ3n) is 1.69. The maximum atomic E-state index is 4.91. The second-order valence-corrected chi connectivity index (χ2v) is 3.58. The van der Waals surface area contributed by atoms with Gasteiger partial charge in [-0.15, -0.1) is 0 Å². The first kappa shape index (κ1) is 7.76. The third-order valence-corrected chi connectivity index (χ3v) is 1.69. The summed E-state index contributed by atoms with van der Waals surface area (Å²) in [4.78, 5) is 9.83. The highest BCUT2D eigenvalue weighted by molar-refractivity contribution is 5.04. The van der Waals surface area contributed by atoms with Crippen molar-refractivity contribution in [3.8, 4) is 0 Å². The van der Waals surface area contributed by atoms with Crippen LogP contribution >= 0.6 is 0 Å². The Balaban J connectivity index is 2.70. The molecule has 1 fully saturated rings. The van der Waals surface area contributed by atoms with Crippen LogP contribution in [0.2, 0.25) is 0 Å². The standard InChI is InChI=1S/C8H14O2/c1-5-6-8(9-10-8)7(2,3)4/h5-6H,1-4H3. The van der Waals surface area contributed by atoms with E-state index in [1.165, 1.54) is 0 Å². The summed E-state index contributed by atoms with van der Waals surface area (Å²) < 4.78 is 0. The molecule has 0 unspecified atom stereocenters. The summed E-state index contributed by atoms with van der Waals surface area (Å²) in [7, 11) is 0. The molecule has 1 aliphatic rings. The molecule has 0 aromatic heterocycles. The summed E-state index contributed by atoms with van der Waals surface area (Å²) in [5, 5.41) is 0. The van der Waals surface area contributed by atoms with Crippen LogP contribution in [0, 0.1) is 5.41 Å². The fourth-order valence-corrected chi connectivity index (χ4v) is 0.820. The molecule has 10 heavy (non-hydrogen) atoms. The van der Waals surface area contributed by atoms with E-state index in [1.807, 2.05) is 19.1 Å². The van der Waals surface area contributed by atoms with Gasteiger partial charge in [-0.3, -0.25) is 0 Å². The summed E-state index contributed by atoms with van der Waals surface area (Å²) in [6, 6.07) is 0. The maximum absolute atomic E-state index is 4.91. The number of allylic oxidation sites excluding steroid dienone is 1. The Hall–Kier alpha value is -0.340. The topological polar surface area (TPSA) is 25.1 Å². The van der Waals surface area contributed by atoms with Crippen molar-refractivity contribution in [3.63, 3.8) is 0 Å². The van der Waals surface area contributed by atoms with Crippen molar-refractivity contribution >= 4 is 0 Å². The highest BCUT2D eigenvalue weighted by atomic mass is 17.4. The fraction of sp³-hybridized carbons (Fsp3) is 0.750. The zero-order valence-corrected chi connectivity index (χ0v) is 6.97. The lowest BCUT2D eigenvalue weighted by molar-refractivity contribution is 0.0850. The molecular formula is C8H14O2. The van der Waals surface area contributed by atoms with Crippen molar-refractivity contribution in [1.82, 2.24) is 0 Å². The minimum absolute atomic E-state index is 0.0273. The van der Waals surface area contributed by atoms with Crippen LogP contribution in [0.5, 0.6) is 0 Å². The second kappa shape index (κ2) is 2.07. The van der Waals surface area contributed by atoms with Crippen molar-refractivity contribution < 1.29 is 9.78 Å². The Morgan fingerprint density at radius 3 is 1.80 bits per heavy atom. The Morgan fingerprint density at radius 2 is 1.70 bits per heavy atom. The molecule has 1 rings (SSSR count). The van der Waals surface area contributed by atoms with Gasteiger partial charge in [0.15, 0.2) is 0 Å². The van der Waals surface area contributed by atoms with Gasteiger partial charge in [0.2, 0.25) is 0 Å². The molecule has 0 aliphatic carbocycles. The van der Waals surface area contributed by atoms with Crippen molar-refractivity contribution in [1.29, 1.82) is 0 Å². The predicted molar refractivity (Wildman–Crippen MR) is 39.2 cm³/mol. The summed E-state index contributed by atoms with van der Waals surface area (Å²) in [6.45, 7) is 8.21. The van der Waals surface area contributed by atoms with Gasteiger partial charge in [-0.2, -0.15) is 9.78 Å². The molecule has 1 aliphatic heterocycles. The lowest BCUT2D eigenvalue weighted by Gasteiger charge is -2.19. The molecule has 0 bridgehead atoms. The average Bonchev–Trinajstić information content (AvgIpc) is 2.45. The molecule has 2 nitrogen and oxygen atoms in total. The van der Waals surface area contributed by atoms with E-state index < -0.39 is 5.79 Å². The van der Waals surface area contributed by atoms with Gasteiger partial charge in [-0.05, 0) is 13.0 Å². The molecule has 0 saturated carbocycles. The first-order valence-corrected chi connectivity index (χ1v) is 3.52. The highest BCUT2D eigenvalue weighted by Gasteiger charge is 2.56. The number of hydrogen-bond acceptors (Lipinski definition) is 2. The van der Waals surface area contributed by atoms with Gasteiger partial charge in [-0.1, -0.05) is 26.8 Å². The lowest BCUT2D eigenvalue weighted by Crippen LogP contribution is -2.27. The molecule has 0 aromatic carbocycles. The van der Waals surface area contributed by atoms with Crippen LogP contribution in [0.25, 0.3) is 0 Å². The third kappa shape index (κ3) is 1.09. The van der Waals surface area contributed by atoms with Crippen LogP contribution < -0.4 is 0 Å². The van der Waals surface area contributed by atoms with Gasteiger partial charge < -0.3 is 0 Å². The highest BCUT2D eigenvalue weighted by Crippen LogP contribution is 2.46. The van der Waals surface area contributed by atoms with Crippen LogP contribution in [0.15, 0.2) is 12.2 Å². The van der Waals surface area contributed by atoms with Crippen molar-refractivity contribution in [2.24, 2.45) is 5.41 Å². The Morgan fingerprint density at radius 1 is 1.20 bits per heavy atom. The van der Waals surface area contributed by atoms with Crippen molar-refractivity contribution in [3.05, 3.63) is 12.2 Å². The van der Waals surface area contributed by atoms with Crippen LogP contribution in [-0.4, -0.2) is 5.79 Å². The molecular weight excluding hydrogens is 128 g/mol. The zero-order chi connectivity index (χ0) is 7.83. The Kier molecular flexibility index (Phi) is 1.61. The van der Waals surface area contributed by atoms with Gasteiger partial charge in [0.1, 0.15) is 0 Å². The number of rotatable bonds is 1. The molecule has 0 atom stereocenters. The van der Waals surface area contributed by atoms with E-state index in [4.69, 9.17) is 9.78 Å². The average molecular weight is 142 g/mol. The second-order valence-electron chi connectivity index (χ2n) is 3.58. The Bertz CT molecular complexity index is 149. The lowest BCUT2D eigenvalue weighted by atomic mass is 9.86. The molecule has 1 saturated heterocycles. The predicted octanol–water partition coefficient (Wildman–Crippen LogP) is 2.27. The van der Waals surface area contributed by atoms with Gasteiger partial charge in [0.25, 0.3) is 5.79 Å². The molecule has 0 spiro atoms. The summed E-state index contributed by atoms with van der Waals surface area (Å²) in [5.74, 6) is -0.443. The Labute approximate surface area is 61.8 Å². The van der Waals surface area contributed by atoms with E-state index in [1.54, 1.807) is 0 Å². The van der Waals surface area contributed by atoms with Crippen molar-refractivity contribution in [2.45, 2.75) is 33.5 Å². The SMILES string of the molecule is CC=CC1(C(C)(C)C)OO1. The molecule has 0 aromatic rings. The number of hydrogen-bond donors (Lipinski definition) is 0.